The van der Waals surface area contributed by atoms with Gasteiger partial charge < -0.3 is 0 Å². The van der Waals surface area contributed by atoms with Gasteiger partial charge in [-0.05, 0) is 59.4 Å². The lowest BCUT2D eigenvalue weighted by Crippen LogP contribution is -2.12. The standard InChI is InChI=1S/C30H42N2S2/c1-19(2)9-7-11-21(5)17-25-26(18-22(6)12-8-10-20(3)4)32-28-24-14-16-34-30(24)29-23(13-15-33-29)27(28)31-25/h13-16,19-22H,7-12,17-18H2,1-6H3/t21-,22?/m0/s1. The molecule has 0 fully saturated rings. The van der Waals surface area contributed by atoms with E-state index in [0.717, 1.165) is 35.7 Å². The quantitative estimate of drug-likeness (QED) is 0.196. The first-order valence-corrected chi connectivity index (χ1v) is 15.1. The van der Waals surface area contributed by atoms with E-state index in [4.69, 9.17) is 9.97 Å². The van der Waals surface area contributed by atoms with Crippen LogP contribution in [0.2, 0.25) is 0 Å². The number of fused-ring (bicyclic) bond motifs is 6. The van der Waals surface area contributed by atoms with Crippen LogP contribution in [0.4, 0.5) is 0 Å². The topological polar surface area (TPSA) is 25.8 Å². The average molecular weight is 495 g/mol. The van der Waals surface area contributed by atoms with E-state index in [1.807, 2.05) is 22.7 Å². The van der Waals surface area contributed by atoms with E-state index in [1.54, 1.807) is 0 Å². The van der Waals surface area contributed by atoms with E-state index in [2.05, 4.69) is 64.4 Å². The van der Waals surface area contributed by atoms with Gasteiger partial charge in [-0.3, -0.25) is 0 Å². The normalized spacial score (nSPS) is 14.2. The molecule has 34 heavy (non-hydrogen) atoms. The number of rotatable bonds is 12. The summed E-state index contributed by atoms with van der Waals surface area (Å²) >= 11 is 3.68. The maximum atomic E-state index is 5.40. The third-order valence-electron chi connectivity index (χ3n) is 7.14. The maximum absolute atomic E-state index is 5.40. The van der Waals surface area contributed by atoms with Crippen LogP contribution >= 0.6 is 22.7 Å². The van der Waals surface area contributed by atoms with Gasteiger partial charge in [0.25, 0.3) is 0 Å². The highest BCUT2D eigenvalue weighted by molar-refractivity contribution is 7.25. The zero-order valence-corrected chi connectivity index (χ0v) is 23.6. The molecule has 0 spiro atoms. The molecule has 0 aliphatic heterocycles. The van der Waals surface area contributed by atoms with Crippen LogP contribution in [0.1, 0.15) is 91.5 Å². The van der Waals surface area contributed by atoms with Crippen LogP contribution in [-0.2, 0) is 12.8 Å². The minimum atomic E-state index is 0.642. The second-order valence-electron chi connectivity index (χ2n) is 11.4. The van der Waals surface area contributed by atoms with Gasteiger partial charge in [0.15, 0.2) is 0 Å². The zero-order chi connectivity index (χ0) is 24.2. The molecule has 0 bridgehead atoms. The van der Waals surface area contributed by atoms with Crippen LogP contribution in [0.3, 0.4) is 0 Å². The Morgan fingerprint density at radius 2 is 1.03 bits per heavy atom. The van der Waals surface area contributed by atoms with Crippen molar-refractivity contribution in [3.63, 3.8) is 0 Å². The van der Waals surface area contributed by atoms with Crippen LogP contribution in [0.5, 0.6) is 0 Å². The van der Waals surface area contributed by atoms with Crippen molar-refractivity contribution in [1.29, 1.82) is 0 Å². The largest absolute Gasteiger partial charge is 0.249 e. The van der Waals surface area contributed by atoms with Gasteiger partial charge in [-0.15, -0.1) is 22.7 Å². The lowest BCUT2D eigenvalue weighted by Gasteiger charge is -2.18. The van der Waals surface area contributed by atoms with E-state index in [9.17, 15) is 0 Å². The fourth-order valence-electron chi connectivity index (χ4n) is 5.16. The van der Waals surface area contributed by atoms with E-state index in [0.29, 0.717) is 11.8 Å². The van der Waals surface area contributed by atoms with E-state index in [1.165, 1.54) is 70.1 Å². The summed E-state index contributed by atoms with van der Waals surface area (Å²) in [5, 5.41) is 6.99. The van der Waals surface area contributed by atoms with Crippen molar-refractivity contribution >= 4 is 53.9 Å². The summed E-state index contributed by atoms with van der Waals surface area (Å²) in [6.07, 6.45) is 9.90. The van der Waals surface area contributed by atoms with Gasteiger partial charge in [0.2, 0.25) is 0 Å². The van der Waals surface area contributed by atoms with Crippen molar-refractivity contribution in [1.82, 2.24) is 9.97 Å². The van der Waals surface area contributed by atoms with Gasteiger partial charge in [-0.1, -0.05) is 80.1 Å². The van der Waals surface area contributed by atoms with Crippen LogP contribution in [-0.4, -0.2) is 9.97 Å². The van der Waals surface area contributed by atoms with Crippen LogP contribution in [0, 0.1) is 23.7 Å². The predicted molar refractivity (Wildman–Crippen MR) is 153 cm³/mol. The summed E-state index contributed by atoms with van der Waals surface area (Å²) in [6.45, 7) is 14.1. The second-order valence-corrected chi connectivity index (χ2v) is 13.2. The van der Waals surface area contributed by atoms with Gasteiger partial charge >= 0.3 is 0 Å². The van der Waals surface area contributed by atoms with Crippen molar-refractivity contribution < 1.29 is 0 Å². The highest BCUT2D eigenvalue weighted by Crippen LogP contribution is 2.39. The zero-order valence-electron chi connectivity index (χ0n) is 22.0. The Morgan fingerprint density at radius 1 is 0.618 bits per heavy atom. The summed E-state index contributed by atoms with van der Waals surface area (Å²) < 4.78 is 2.75. The summed E-state index contributed by atoms with van der Waals surface area (Å²) in [6, 6.07) is 4.50. The molecule has 3 heterocycles. The van der Waals surface area contributed by atoms with Crippen molar-refractivity contribution in [2.45, 2.75) is 92.9 Å². The van der Waals surface area contributed by atoms with E-state index < -0.39 is 0 Å². The van der Waals surface area contributed by atoms with E-state index in [-0.39, 0.29) is 0 Å². The lowest BCUT2D eigenvalue weighted by atomic mass is 9.92. The maximum Gasteiger partial charge on any atom is 0.0984 e. The molecule has 4 rings (SSSR count). The third-order valence-corrected chi connectivity index (χ3v) is 9.13. The Bertz CT molecular complexity index is 1120. The monoisotopic (exact) mass is 494 g/mol. The summed E-state index contributed by atoms with van der Waals surface area (Å²) in [4.78, 5) is 10.8. The molecule has 0 saturated carbocycles. The van der Waals surface area contributed by atoms with E-state index >= 15 is 0 Å². The fourth-order valence-corrected chi connectivity index (χ4v) is 7.15. The minimum Gasteiger partial charge on any atom is -0.249 e. The SMILES string of the molecule is CC(C)CCCC(C)Cc1nc2c3ccsc3c3sccc3c2nc1C[C@@H](C)CCCC(C)C. The molecule has 184 valence electrons. The Labute approximate surface area is 214 Å². The summed E-state index contributed by atoms with van der Waals surface area (Å²) in [5.41, 5.74) is 4.73. The minimum absolute atomic E-state index is 0.642. The first kappa shape index (κ1) is 25.6. The molecular weight excluding hydrogens is 452 g/mol. The molecule has 0 radical (unpaired) electrons. The van der Waals surface area contributed by atoms with Crippen molar-refractivity contribution in [3.8, 4) is 0 Å². The second kappa shape index (κ2) is 11.5. The molecule has 0 amide bonds. The van der Waals surface area contributed by atoms with Crippen molar-refractivity contribution in [2.75, 3.05) is 0 Å². The Kier molecular flexibility index (Phi) is 8.63. The van der Waals surface area contributed by atoms with Crippen LogP contribution < -0.4 is 0 Å². The number of hydrogen-bond donors (Lipinski definition) is 0. The molecule has 4 heteroatoms. The van der Waals surface area contributed by atoms with Gasteiger partial charge in [0, 0.05) is 10.8 Å². The smallest absolute Gasteiger partial charge is 0.0984 e. The molecule has 1 aromatic carbocycles. The van der Waals surface area contributed by atoms with Gasteiger partial charge in [0.05, 0.1) is 31.8 Å². The van der Waals surface area contributed by atoms with Crippen LogP contribution in [0.15, 0.2) is 22.9 Å². The van der Waals surface area contributed by atoms with Gasteiger partial charge in [0.1, 0.15) is 0 Å². The first-order chi connectivity index (χ1) is 16.3. The number of benzene rings is 1. The van der Waals surface area contributed by atoms with Gasteiger partial charge in [-0.25, -0.2) is 9.97 Å². The number of aromatic nitrogens is 2. The number of hydrogen-bond acceptors (Lipinski definition) is 4. The van der Waals surface area contributed by atoms with Gasteiger partial charge in [-0.2, -0.15) is 0 Å². The molecular formula is C30H42N2S2. The first-order valence-electron chi connectivity index (χ1n) is 13.4. The summed E-state index contributed by atoms with van der Waals surface area (Å²) in [7, 11) is 0. The molecule has 0 N–H and O–H groups in total. The van der Waals surface area contributed by atoms with Crippen LogP contribution in [0.25, 0.3) is 31.2 Å². The highest BCUT2D eigenvalue weighted by Gasteiger charge is 2.19. The molecule has 0 aliphatic rings. The predicted octanol–water partition coefficient (Wildman–Crippen LogP) is 10.1. The molecule has 0 saturated heterocycles. The number of nitrogens with zero attached hydrogens (tertiary/aromatic N) is 2. The Morgan fingerprint density at radius 3 is 1.41 bits per heavy atom. The average Bonchev–Trinajstić information content (AvgIpc) is 3.43. The van der Waals surface area contributed by atoms with Crippen molar-refractivity contribution in [3.05, 3.63) is 34.3 Å². The lowest BCUT2D eigenvalue weighted by molar-refractivity contribution is 0.441. The molecule has 2 nitrogen and oxygen atoms in total. The Balaban J connectivity index is 1.69. The van der Waals surface area contributed by atoms with Crippen molar-refractivity contribution in [2.24, 2.45) is 23.7 Å². The molecule has 0 aliphatic carbocycles. The number of thiophene rings is 2. The fraction of sp³-hybridized carbons (Fsp3) is 0.600. The molecule has 3 aromatic heterocycles. The molecule has 2 atom stereocenters. The molecule has 4 aromatic rings. The molecule has 1 unspecified atom stereocenters. The highest BCUT2D eigenvalue weighted by atomic mass is 32.1. The third kappa shape index (κ3) is 5.99. The Hall–Kier alpha value is -1.52. The summed E-state index contributed by atoms with van der Waals surface area (Å²) in [5.74, 6) is 2.86.